The van der Waals surface area contributed by atoms with Crippen molar-refractivity contribution >= 4 is 55.0 Å². The van der Waals surface area contributed by atoms with Crippen molar-refractivity contribution in [1.29, 1.82) is 0 Å². The highest BCUT2D eigenvalue weighted by molar-refractivity contribution is 14.2. The highest BCUT2D eigenvalue weighted by atomic mass is 127. The molecule has 0 aromatic heterocycles. The van der Waals surface area contributed by atoms with Crippen LogP contribution in [0.2, 0.25) is 0 Å². The van der Waals surface area contributed by atoms with Crippen LogP contribution in [0.1, 0.15) is 58.3 Å². The van der Waals surface area contributed by atoms with Gasteiger partial charge in [0.1, 0.15) is 0 Å². The molecule has 0 amide bonds. The van der Waals surface area contributed by atoms with Gasteiger partial charge < -0.3 is 0 Å². The number of unbranched alkanes of at least 4 members (excludes halogenated alkanes) is 7. The van der Waals surface area contributed by atoms with Crippen molar-refractivity contribution in [3.63, 3.8) is 0 Å². The smallest absolute Gasteiger partial charge is 0.171 e. The van der Waals surface area contributed by atoms with E-state index in [1.54, 1.807) is 0 Å². The quantitative estimate of drug-likeness (QED) is 0.263. The van der Waals surface area contributed by atoms with Crippen LogP contribution in [0, 0.1) is 0 Å². The van der Waals surface area contributed by atoms with Crippen LogP contribution in [-0.4, -0.2) is 15.4 Å². The second kappa shape index (κ2) is 10.3. The summed E-state index contributed by atoms with van der Waals surface area (Å²) in [5.74, 6) is 0.360. The van der Waals surface area contributed by atoms with Crippen LogP contribution in [0.3, 0.4) is 0 Å². The van der Waals surface area contributed by atoms with Gasteiger partial charge in [0, 0.05) is 0 Å². The van der Waals surface area contributed by atoms with Crippen LogP contribution >= 0.6 is 45.2 Å². The van der Waals surface area contributed by atoms with Crippen molar-refractivity contribution < 1.29 is 8.42 Å². The number of sulfone groups is 1. The maximum atomic E-state index is 11.5. The van der Waals surface area contributed by atoms with Crippen molar-refractivity contribution in [2.24, 2.45) is 0 Å². The van der Waals surface area contributed by atoms with Crippen LogP contribution in [0.25, 0.3) is 0 Å². The predicted molar refractivity (Wildman–Crippen MR) is 88.2 cm³/mol. The average Bonchev–Trinajstić information content (AvgIpc) is 2.21. The second-order valence-corrected chi connectivity index (χ2v) is 12.9. The Kier molecular flexibility index (Phi) is 11.3. The first-order valence-corrected chi connectivity index (χ1v) is 10.2. The molecule has 0 aliphatic heterocycles. The van der Waals surface area contributed by atoms with Gasteiger partial charge in [-0.15, -0.1) is 0 Å². The summed E-state index contributed by atoms with van der Waals surface area (Å²) in [5, 5.41) is 0. The van der Waals surface area contributed by atoms with Gasteiger partial charge in [0.05, 0.1) is 5.75 Å². The summed E-state index contributed by atoms with van der Waals surface area (Å²) in [6.07, 6.45) is 9.60. The predicted octanol–water partition coefficient (Wildman–Crippen LogP) is 4.70. The molecule has 0 rings (SSSR count). The average molecular weight is 472 g/mol. The second-order valence-electron chi connectivity index (χ2n) is 4.10. The Morgan fingerprint density at radius 3 is 1.75 bits per heavy atom. The molecule has 0 saturated carbocycles. The van der Waals surface area contributed by atoms with Crippen molar-refractivity contribution in [1.82, 2.24) is 0 Å². The molecule has 0 radical (unpaired) electrons. The van der Waals surface area contributed by atoms with Crippen molar-refractivity contribution in [3.05, 3.63) is 0 Å². The molecule has 0 saturated heterocycles. The summed E-state index contributed by atoms with van der Waals surface area (Å²) < 4.78 is 22.7. The summed E-state index contributed by atoms with van der Waals surface area (Å²) in [6.45, 7) is 2.22. The third-order valence-corrected chi connectivity index (χ3v) is 8.60. The van der Waals surface area contributed by atoms with Crippen molar-refractivity contribution in [2.45, 2.75) is 59.6 Å². The Morgan fingerprint density at radius 1 is 0.875 bits per heavy atom. The molecule has 0 aromatic carbocycles. The van der Waals surface area contributed by atoms with Crippen molar-refractivity contribution in [2.75, 3.05) is 5.75 Å². The van der Waals surface area contributed by atoms with Gasteiger partial charge in [-0.3, -0.25) is 0 Å². The molecule has 98 valence electrons. The van der Waals surface area contributed by atoms with E-state index in [0.29, 0.717) is 5.75 Å². The number of halogens is 2. The lowest BCUT2D eigenvalue weighted by atomic mass is 10.1. The first-order valence-electron chi connectivity index (χ1n) is 6.00. The summed E-state index contributed by atoms with van der Waals surface area (Å²) in [5.41, 5.74) is 0. The fourth-order valence-corrected chi connectivity index (χ4v) is 3.84. The first kappa shape index (κ1) is 17.4. The first-order chi connectivity index (χ1) is 7.50. The number of alkyl halides is 2. The van der Waals surface area contributed by atoms with Crippen molar-refractivity contribution in [3.8, 4) is 0 Å². The summed E-state index contributed by atoms with van der Waals surface area (Å²) >= 11 is 3.93. The van der Waals surface area contributed by atoms with E-state index in [0.717, 1.165) is 12.8 Å². The van der Waals surface area contributed by atoms with E-state index in [2.05, 4.69) is 6.92 Å². The molecule has 16 heavy (non-hydrogen) atoms. The van der Waals surface area contributed by atoms with E-state index in [4.69, 9.17) is 0 Å². The highest BCUT2D eigenvalue weighted by Crippen LogP contribution is 2.20. The maximum Gasteiger partial charge on any atom is 0.171 e. The van der Waals surface area contributed by atoms with Gasteiger partial charge >= 0.3 is 0 Å². The topological polar surface area (TPSA) is 34.1 Å². The Hall–Kier alpha value is 1.41. The molecule has 0 fully saturated rings. The van der Waals surface area contributed by atoms with Crippen LogP contribution < -0.4 is 0 Å². The third kappa shape index (κ3) is 9.44. The molecule has 0 bridgehead atoms. The fraction of sp³-hybridized carbons (Fsp3) is 1.00. The van der Waals surface area contributed by atoms with Gasteiger partial charge in [-0.25, -0.2) is 8.42 Å². The van der Waals surface area contributed by atoms with Gasteiger partial charge in [0.15, 0.2) is 11.1 Å². The van der Waals surface area contributed by atoms with Crippen LogP contribution in [0.5, 0.6) is 0 Å². The Bertz CT molecular complexity index is 251. The molecule has 0 unspecified atom stereocenters. The van der Waals surface area contributed by atoms with E-state index in [-0.39, 0.29) is 1.26 Å². The zero-order valence-electron chi connectivity index (χ0n) is 9.92. The molecule has 0 aliphatic rings. The highest BCUT2D eigenvalue weighted by Gasteiger charge is 2.17. The monoisotopic (exact) mass is 472 g/mol. The van der Waals surface area contributed by atoms with E-state index >= 15 is 0 Å². The number of hydrogen-bond donors (Lipinski definition) is 0. The molecular weight excluding hydrogens is 450 g/mol. The van der Waals surface area contributed by atoms with Gasteiger partial charge in [-0.1, -0.05) is 97.1 Å². The van der Waals surface area contributed by atoms with Gasteiger partial charge in [-0.05, 0) is 6.42 Å². The standard InChI is InChI=1S/C11H22I2O2S/c1-2-3-4-5-6-7-8-9-10-16(14,15)11(12)13/h11H,2-10H2,1H3. The van der Waals surface area contributed by atoms with E-state index in [1.807, 2.05) is 45.2 Å². The molecule has 0 spiro atoms. The largest absolute Gasteiger partial charge is 0.227 e. The summed E-state index contributed by atoms with van der Waals surface area (Å²) in [4.78, 5) is 0. The van der Waals surface area contributed by atoms with Gasteiger partial charge in [0.2, 0.25) is 0 Å². The lowest BCUT2D eigenvalue weighted by Crippen LogP contribution is -2.12. The molecule has 5 heteroatoms. The molecule has 2 nitrogen and oxygen atoms in total. The molecule has 0 heterocycles. The zero-order chi connectivity index (χ0) is 12.4. The number of hydrogen-bond acceptors (Lipinski definition) is 2. The van der Waals surface area contributed by atoms with E-state index < -0.39 is 9.84 Å². The lowest BCUT2D eigenvalue weighted by molar-refractivity contribution is 0.574. The Morgan fingerprint density at radius 2 is 1.31 bits per heavy atom. The minimum absolute atomic E-state index is 0.271. The normalized spacial score (nSPS) is 12.2. The molecular formula is C11H22I2O2S. The SMILES string of the molecule is CCCCCCCCCCS(=O)(=O)C(I)I. The van der Waals surface area contributed by atoms with Crippen LogP contribution in [0.15, 0.2) is 0 Å². The molecule has 0 atom stereocenters. The maximum absolute atomic E-state index is 11.5. The lowest BCUT2D eigenvalue weighted by Gasteiger charge is -2.05. The minimum Gasteiger partial charge on any atom is -0.227 e. The van der Waals surface area contributed by atoms with Crippen LogP contribution in [0.4, 0.5) is 0 Å². The fourth-order valence-electron chi connectivity index (χ4n) is 1.53. The molecule has 0 N–H and O–H groups in total. The van der Waals surface area contributed by atoms with E-state index in [1.165, 1.54) is 38.5 Å². The zero-order valence-corrected chi connectivity index (χ0v) is 15.1. The molecule has 0 aliphatic carbocycles. The number of rotatable bonds is 10. The summed E-state index contributed by atoms with van der Waals surface area (Å²) in [6, 6.07) is 0. The summed E-state index contributed by atoms with van der Waals surface area (Å²) in [7, 11) is -2.83. The van der Waals surface area contributed by atoms with Gasteiger partial charge in [0.25, 0.3) is 0 Å². The third-order valence-electron chi connectivity index (χ3n) is 2.55. The van der Waals surface area contributed by atoms with E-state index in [9.17, 15) is 8.42 Å². The van der Waals surface area contributed by atoms with Crippen LogP contribution in [-0.2, 0) is 9.84 Å². The minimum atomic E-state index is -2.83. The Balaban J connectivity index is 3.34. The molecule has 0 aromatic rings. The Labute approximate surface area is 128 Å². The van der Waals surface area contributed by atoms with Gasteiger partial charge in [-0.2, -0.15) is 0 Å².